The van der Waals surface area contributed by atoms with Gasteiger partial charge in [-0.25, -0.2) is 0 Å². The molecule has 0 radical (unpaired) electrons. The molecular formula is C12H24N2. The van der Waals surface area contributed by atoms with E-state index < -0.39 is 0 Å². The van der Waals surface area contributed by atoms with Gasteiger partial charge in [0.15, 0.2) is 0 Å². The smallest absolute Gasteiger partial charge is 0.0324 e. The Kier molecular flexibility index (Phi) is 3.45. The van der Waals surface area contributed by atoms with E-state index >= 15 is 0 Å². The average molecular weight is 196 g/mol. The quantitative estimate of drug-likeness (QED) is 0.741. The summed E-state index contributed by atoms with van der Waals surface area (Å²) in [6.45, 7) is 4.86. The number of nitrogens with zero attached hydrogens (tertiary/aromatic N) is 1. The molecule has 82 valence electrons. The zero-order chi connectivity index (χ0) is 9.97. The fourth-order valence-electron chi connectivity index (χ4n) is 3.02. The minimum absolute atomic E-state index is 0.789. The molecule has 2 nitrogen and oxygen atoms in total. The molecule has 1 heterocycles. The zero-order valence-electron chi connectivity index (χ0n) is 9.63. The minimum Gasteiger partial charge on any atom is -0.308 e. The monoisotopic (exact) mass is 196 g/mol. The van der Waals surface area contributed by atoms with Crippen molar-refractivity contribution in [2.75, 3.05) is 20.1 Å². The Labute approximate surface area is 88.1 Å². The van der Waals surface area contributed by atoms with Crippen LogP contribution < -0.4 is 5.32 Å². The van der Waals surface area contributed by atoms with E-state index in [1.165, 1.54) is 45.2 Å². The first-order valence-electron chi connectivity index (χ1n) is 6.24. The second-order valence-corrected chi connectivity index (χ2v) is 5.14. The normalized spacial score (nSPS) is 35.6. The first-order valence-corrected chi connectivity index (χ1v) is 6.24. The summed E-state index contributed by atoms with van der Waals surface area (Å²) in [7, 11) is 2.20. The van der Waals surface area contributed by atoms with E-state index in [9.17, 15) is 0 Å². The van der Waals surface area contributed by atoms with Gasteiger partial charge < -0.3 is 10.2 Å². The van der Waals surface area contributed by atoms with E-state index in [0.29, 0.717) is 0 Å². The maximum absolute atomic E-state index is 3.85. The first kappa shape index (κ1) is 10.4. The number of likely N-dealkylation sites (tertiary alicyclic amines) is 1. The van der Waals surface area contributed by atoms with Crippen molar-refractivity contribution in [3.05, 3.63) is 0 Å². The minimum atomic E-state index is 0.789. The number of hydrogen-bond donors (Lipinski definition) is 1. The maximum atomic E-state index is 3.85. The highest BCUT2D eigenvalue weighted by molar-refractivity contribution is 4.89. The lowest BCUT2D eigenvalue weighted by atomic mass is 9.82. The summed E-state index contributed by atoms with van der Waals surface area (Å²) in [6.07, 6.45) is 7.13. The van der Waals surface area contributed by atoms with Crippen molar-refractivity contribution >= 4 is 0 Å². The van der Waals surface area contributed by atoms with Crippen molar-refractivity contribution < 1.29 is 0 Å². The molecular weight excluding hydrogens is 172 g/mol. The van der Waals surface area contributed by atoms with Crippen LogP contribution in [0.25, 0.3) is 0 Å². The van der Waals surface area contributed by atoms with E-state index in [1.807, 2.05) is 0 Å². The van der Waals surface area contributed by atoms with Crippen LogP contribution in [0, 0.1) is 5.92 Å². The number of likely N-dealkylation sites (N-methyl/N-ethyl adjacent to an activating group) is 1. The van der Waals surface area contributed by atoms with Crippen LogP contribution in [0.1, 0.15) is 39.0 Å². The Morgan fingerprint density at radius 3 is 2.57 bits per heavy atom. The van der Waals surface area contributed by atoms with Gasteiger partial charge in [0.2, 0.25) is 0 Å². The van der Waals surface area contributed by atoms with E-state index in [-0.39, 0.29) is 0 Å². The topological polar surface area (TPSA) is 15.3 Å². The molecule has 0 bridgehead atoms. The third-order valence-corrected chi connectivity index (χ3v) is 3.95. The van der Waals surface area contributed by atoms with E-state index in [1.54, 1.807) is 0 Å². The summed E-state index contributed by atoms with van der Waals surface area (Å²) >= 11 is 0. The third kappa shape index (κ3) is 2.29. The average Bonchev–Trinajstić information content (AvgIpc) is 2.16. The Bertz CT molecular complexity index is 175. The highest BCUT2D eigenvalue weighted by atomic mass is 15.2. The molecule has 2 rings (SSSR count). The maximum Gasteiger partial charge on any atom is 0.0324 e. The van der Waals surface area contributed by atoms with Crippen molar-refractivity contribution in [1.29, 1.82) is 0 Å². The molecule has 0 aromatic rings. The van der Waals surface area contributed by atoms with Gasteiger partial charge in [-0.2, -0.15) is 0 Å². The fourth-order valence-corrected chi connectivity index (χ4v) is 3.02. The number of nitrogens with one attached hydrogen (secondary N) is 1. The molecule has 0 aromatic heterocycles. The number of hydrogen-bond acceptors (Lipinski definition) is 2. The summed E-state index contributed by atoms with van der Waals surface area (Å²) in [4.78, 5) is 2.39. The van der Waals surface area contributed by atoms with Crippen LogP contribution in [0.2, 0.25) is 0 Å². The largest absolute Gasteiger partial charge is 0.308 e. The fraction of sp³-hybridized carbons (Fsp3) is 1.00. The highest BCUT2D eigenvalue weighted by Gasteiger charge is 2.29. The van der Waals surface area contributed by atoms with Crippen LogP contribution in [0.3, 0.4) is 0 Å². The van der Waals surface area contributed by atoms with Crippen LogP contribution in [0.5, 0.6) is 0 Å². The van der Waals surface area contributed by atoms with Gasteiger partial charge in [0.25, 0.3) is 0 Å². The summed E-state index contributed by atoms with van der Waals surface area (Å²) < 4.78 is 0. The number of rotatable bonds is 3. The summed E-state index contributed by atoms with van der Waals surface area (Å²) in [5.74, 6) is 0.953. The lowest BCUT2D eigenvalue weighted by molar-refractivity contribution is 0.125. The third-order valence-electron chi connectivity index (χ3n) is 3.95. The molecule has 1 saturated heterocycles. The van der Waals surface area contributed by atoms with Gasteiger partial charge >= 0.3 is 0 Å². The Morgan fingerprint density at radius 2 is 1.93 bits per heavy atom. The van der Waals surface area contributed by atoms with Crippen LogP contribution in [-0.4, -0.2) is 37.1 Å². The van der Waals surface area contributed by atoms with Gasteiger partial charge in [0, 0.05) is 25.2 Å². The summed E-state index contributed by atoms with van der Waals surface area (Å²) in [5.41, 5.74) is 0. The van der Waals surface area contributed by atoms with Gasteiger partial charge in [0.1, 0.15) is 0 Å². The van der Waals surface area contributed by atoms with Gasteiger partial charge in [-0.1, -0.05) is 26.2 Å². The first-order chi connectivity index (χ1) is 6.79. The van der Waals surface area contributed by atoms with Gasteiger partial charge in [-0.15, -0.1) is 0 Å². The Hall–Kier alpha value is -0.0800. The molecule has 2 heteroatoms. The van der Waals surface area contributed by atoms with Crippen LogP contribution in [0.15, 0.2) is 0 Å². The summed E-state index contributed by atoms with van der Waals surface area (Å²) in [5, 5.41) is 3.85. The van der Waals surface area contributed by atoms with Gasteiger partial charge in [-0.05, 0) is 25.8 Å². The van der Waals surface area contributed by atoms with Crippen LogP contribution >= 0.6 is 0 Å². The van der Waals surface area contributed by atoms with Gasteiger partial charge in [-0.3, -0.25) is 0 Å². The predicted molar refractivity (Wildman–Crippen MR) is 60.5 cm³/mol. The molecule has 0 spiro atoms. The van der Waals surface area contributed by atoms with E-state index in [0.717, 1.165) is 18.0 Å². The molecule has 1 saturated carbocycles. The van der Waals surface area contributed by atoms with Crippen molar-refractivity contribution in [3.63, 3.8) is 0 Å². The molecule has 1 aliphatic carbocycles. The Balaban J connectivity index is 1.77. The van der Waals surface area contributed by atoms with Crippen molar-refractivity contribution in [2.45, 2.75) is 51.1 Å². The SMILES string of the molecule is CCC1CCCCC1NC1CN(C)C1. The molecule has 0 amide bonds. The van der Waals surface area contributed by atoms with Crippen molar-refractivity contribution in [3.8, 4) is 0 Å². The second kappa shape index (κ2) is 4.63. The Morgan fingerprint density at radius 1 is 1.21 bits per heavy atom. The highest BCUT2D eigenvalue weighted by Crippen LogP contribution is 2.27. The second-order valence-electron chi connectivity index (χ2n) is 5.14. The lowest BCUT2D eigenvalue weighted by Crippen LogP contribution is -2.59. The van der Waals surface area contributed by atoms with Gasteiger partial charge in [0.05, 0.1) is 0 Å². The molecule has 2 aliphatic rings. The lowest BCUT2D eigenvalue weighted by Gasteiger charge is -2.42. The predicted octanol–water partition coefficient (Wildman–Crippen LogP) is 1.86. The standard InChI is InChI=1S/C12H24N2/c1-3-10-6-4-5-7-12(10)13-11-8-14(2)9-11/h10-13H,3-9H2,1-2H3. The molecule has 14 heavy (non-hydrogen) atoms. The van der Waals surface area contributed by atoms with Crippen LogP contribution in [0.4, 0.5) is 0 Å². The van der Waals surface area contributed by atoms with E-state index in [4.69, 9.17) is 0 Å². The van der Waals surface area contributed by atoms with Crippen LogP contribution in [-0.2, 0) is 0 Å². The molecule has 2 atom stereocenters. The molecule has 1 aliphatic heterocycles. The van der Waals surface area contributed by atoms with Crippen molar-refractivity contribution in [1.82, 2.24) is 10.2 Å². The molecule has 0 aromatic carbocycles. The zero-order valence-corrected chi connectivity index (χ0v) is 9.63. The molecule has 2 fully saturated rings. The molecule has 2 unspecified atom stereocenters. The van der Waals surface area contributed by atoms with E-state index in [2.05, 4.69) is 24.2 Å². The summed E-state index contributed by atoms with van der Waals surface area (Å²) in [6, 6.07) is 1.62. The van der Waals surface area contributed by atoms with Crippen molar-refractivity contribution in [2.24, 2.45) is 5.92 Å². The molecule has 1 N–H and O–H groups in total.